The quantitative estimate of drug-likeness (QED) is 0.537. The van der Waals surface area contributed by atoms with Crippen molar-refractivity contribution in [3.63, 3.8) is 0 Å². The largest absolute Gasteiger partial charge is 0.505 e. The molecule has 0 unspecified atom stereocenters. The first kappa shape index (κ1) is 8.68. The highest BCUT2D eigenvalue weighted by Crippen LogP contribution is 2.37. The molecule has 11 heavy (non-hydrogen) atoms. The number of benzene rings is 1. The van der Waals surface area contributed by atoms with Gasteiger partial charge in [0.25, 0.3) is 0 Å². The summed E-state index contributed by atoms with van der Waals surface area (Å²) in [6, 6.07) is 1.52. The molecule has 2 nitrogen and oxygen atoms in total. The van der Waals surface area contributed by atoms with E-state index in [1.54, 1.807) is 6.92 Å². The number of aromatic hydroxyl groups is 1. The van der Waals surface area contributed by atoms with E-state index in [9.17, 15) is 5.11 Å². The van der Waals surface area contributed by atoms with Crippen molar-refractivity contribution in [3.05, 3.63) is 21.1 Å². The first-order valence-electron chi connectivity index (χ1n) is 2.97. The van der Waals surface area contributed by atoms with Gasteiger partial charge < -0.3 is 10.8 Å². The summed E-state index contributed by atoms with van der Waals surface area (Å²) in [5, 5.41) is 9.54. The summed E-state index contributed by atoms with van der Waals surface area (Å²) in [5.74, 6) is 0.0402. The molecule has 0 amide bonds. The van der Waals surface area contributed by atoms with Gasteiger partial charge in [0.2, 0.25) is 0 Å². The third-order valence-corrected chi connectivity index (χ3v) is 2.74. The van der Waals surface area contributed by atoms with Crippen molar-refractivity contribution >= 4 is 33.2 Å². The van der Waals surface area contributed by atoms with Gasteiger partial charge in [-0.3, -0.25) is 0 Å². The smallest absolute Gasteiger partial charge is 0.148 e. The van der Waals surface area contributed by atoms with Gasteiger partial charge in [0.15, 0.2) is 0 Å². The molecule has 0 heterocycles. The van der Waals surface area contributed by atoms with Crippen molar-refractivity contribution in [3.8, 4) is 5.75 Å². The Morgan fingerprint density at radius 2 is 2.18 bits per heavy atom. The Bertz CT molecular complexity index is 275. The third-order valence-electron chi connectivity index (χ3n) is 1.48. The fourth-order valence-corrected chi connectivity index (χ4v) is 1.49. The molecule has 1 aromatic carbocycles. The number of halogens is 2. The van der Waals surface area contributed by atoms with E-state index in [4.69, 9.17) is 17.3 Å². The summed E-state index contributed by atoms with van der Waals surface area (Å²) in [6.07, 6.45) is 0. The minimum Gasteiger partial charge on any atom is -0.505 e. The predicted molar refractivity (Wildman–Crippen MR) is 50.0 cm³/mol. The van der Waals surface area contributed by atoms with Crippen molar-refractivity contribution < 1.29 is 5.11 Å². The number of anilines is 1. The van der Waals surface area contributed by atoms with Gasteiger partial charge in [-0.1, -0.05) is 11.6 Å². The third kappa shape index (κ3) is 1.44. The Morgan fingerprint density at radius 1 is 1.64 bits per heavy atom. The van der Waals surface area contributed by atoms with Crippen LogP contribution in [0.1, 0.15) is 5.56 Å². The fourth-order valence-electron chi connectivity index (χ4n) is 0.722. The number of nitrogen functional groups attached to an aromatic ring is 1. The SMILES string of the molecule is Cc1c(N)cc(Cl)c(O)c1Br. The Balaban J connectivity index is 3.46. The van der Waals surface area contributed by atoms with Gasteiger partial charge in [0, 0.05) is 5.69 Å². The number of rotatable bonds is 0. The molecule has 4 heteroatoms. The maximum Gasteiger partial charge on any atom is 0.148 e. The second-order valence-electron chi connectivity index (χ2n) is 2.24. The van der Waals surface area contributed by atoms with E-state index in [2.05, 4.69) is 15.9 Å². The molecule has 0 aliphatic heterocycles. The molecule has 1 aromatic rings. The Kier molecular flexibility index (Phi) is 2.30. The summed E-state index contributed by atoms with van der Waals surface area (Å²) >= 11 is 8.80. The molecular formula is C7H7BrClNO. The lowest BCUT2D eigenvalue weighted by atomic mass is 10.2. The van der Waals surface area contributed by atoms with Gasteiger partial charge >= 0.3 is 0 Å². The van der Waals surface area contributed by atoms with Gasteiger partial charge in [0.1, 0.15) is 5.75 Å². The van der Waals surface area contributed by atoms with Crippen LogP contribution in [0.15, 0.2) is 10.5 Å². The van der Waals surface area contributed by atoms with E-state index < -0.39 is 0 Å². The summed E-state index contributed by atoms with van der Waals surface area (Å²) in [4.78, 5) is 0. The number of hydrogen-bond donors (Lipinski definition) is 2. The average Bonchev–Trinajstić information content (AvgIpc) is 1.97. The van der Waals surface area contributed by atoms with E-state index in [1.807, 2.05) is 0 Å². The summed E-state index contributed by atoms with van der Waals surface area (Å²) < 4.78 is 0.558. The lowest BCUT2D eigenvalue weighted by Crippen LogP contribution is -1.90. The number of phenolic OH excluding ortho intramolecular Hbond substituents is 1. The standard InChI is InChI=1S/C7H7BrClNO/c1-3-5(10)2-4(9)7(11)6(3)8/h2,11H,10H2,1H3. The van der Waals surface area contributed by atoms with Crippen LogP contribution in [-0.2, 0) is 0 Å². The number of hydrogen-bond acceptors (Lipinski definition) is 2. The van der Waals surface area contributed by atoms with Crippen molar-refractivity contribution in [1.82, 2.24) is 0 Å². The lowest BCUT2D eigenvalue weighted by molar-refractivity contribution is 0.472. The van der Waals surface area contributed by atoms with E-state index >= 15 is 0 Å². The van der Waals surface area contributed by atoms with Crippen LogP contribution in [0.3, 0.4) is 0 Å². The average molecular weight is 236 g/mol. The minimum atomic E-state index is 0.0402. The van der Waals surface area contributed by atoms with E-state index in [-0.39, 0.29) is 10.8 Å². The first-order chi connectivity index (χ1) is 5.04. The molecule has 0 spiro atoms. The van der Waals surface area contributed by atoms with Crippen molar-refractivity contribution in [2.45, 2.75) is 6.92 Å². The molecule has 60 valence electrons. The van der Waals surface area contributed by atoms with Crippen LogP contribution in [0.25, 0.3) is 0 Å². The van der Waals surface area contributed by atoms with Gasteiger partial charge in [-0.05, 0) is 34.5 Å². The maximum atomic E-state index is 9.28. The van der Waals surface area contributed by atoms with Gasteiger partial charge in [-0.15, -0.1) is 0 Å². The van der Waals surface area contributed by atoms with Crippen molar-refractivity contribution in [2.24, 2.45) is 0 Å². The van der Waals surface area contributed by atoms with Crippen LogP contribution < -0.4 is 5.73 Å². The Labute approximate surface area is 78.1 Å². The molecule has 0 radical (unpaired) electrons. The van der Waals surface area contributed by atoms with Gasteiger partial charge in [-0.2, -0.15) is 0 Å². The summed E-state index contributed by atoms with van der Waals surface area (Å²) in [5.41, 5.74) is 6.93. The zero-order chi connectivity index (χ0) is 8.59. The van der Waals surface area contributed by atoms with E-state index in [0.29, 0.717) is 10.2 Å². The van der Waals surface area contributed by atoms with Crippen LogP contribution >= 0.6 is 27.5 Å². The topological polar surface area (TPSA) is 46.2 Å². The molecule has 0 bridgehead atoms. The molecular weight excluding hydrogens is 229 g/mol. The molecule has 0 atom stereocenters. The Morgan fingerprint density at radius 3 is 2.73 bits per heavy atom. The highest BCUT2D eigenvalue weighted by molar-refractivity contribution is 9.10. The molecule has 0 fully saturated rings. The number of phenols is 1. The van der Waals surface area contributed by atoms with Crippen LogP contribution in [0, 0.1) is 6.92 Å². The molecule has 0 aliphatic rings. The van der Waals surface area contributed by atoms with Gasteiger partial charge in [0.05, 0.1) is 9.50 Å². The predicted octanol–water partition coefficient (Wildman–Crippen LogP) is 2.70. The molecule has 0 aliphatic carbocycles. The molecule has 3 N–H and O–H groups in total. The van der Waals surface area contributed by atoms with Crippen molar-refractivity contribution in [2.75, 3.05) is 5.73 Å². The zero-order valence-electron chi connectivity index (χ0n) is 5.86. The minimum absolute atomic E-state index is 0.0402. The first-order valence-corrected chi connectivity index (χ1v) is 4.14. The molecule has 1 rings (SSSR count). The molecule has 0 saturated carbocycles. The summed E-state index contributed by atoms with van der Waals surface area (Å²) in [6.45, 7) is 1.80. The molecule has 0 saturated heterocycles. The zero-order valence-corrected chi connectivity index (χ0v) is 8.20. The Hall–Kier alpha value is -0.410. The number of nitrogens with two attached hydrogens (primary N) is 1. The lowest BCUT2D eigenvalue weighted by Gasteiger charge is -2.06. The normalized spacial score (nSPS) is 10.1. The second-order valence-corrected chi connectivity index (χ2v) is 3.44. The highest BCUT2D eigenvalue weighted by atomic mass is 79.9. The summed E-state index contributed by atoms with van der Waals surface area (Å²) in [7, 11) is 0. The second kappa shape index (κ2) is 2.91. The van der Waals surface area contributed by atoms with Crippen LogP contribution in [0.4, 0.5) is 5.69 Å². The molecule has 0 aromatic heterocycles. The monoisotopic (exact) mass is 235 g/mol. The maximum absolute atomic E-state index is 9.28. The van der Waals surface area contributed by atoms with E-state index in [0.717, 1.165) is 5.56 Å². The fraction of sp³-hybridized carbons (Fsp3) is 0.143. The van der Waals surface area contributed by atoms with Crippen molar-refractivity contribution in [1.29, 1.82) is 0 Å². The van der Waals surface area contributed by atoms with E-state index in [1.165, 1.54) is 6.07 Å². The van der Waals surface area contributed by atoms with Crippen LogP contribution in [0.2, 0.25) is 5.02 Å². The van der Waals surface area contributed by atoms with Crippen LogP contribution in [0.5, 0.6) is 5.75 Å². The highest BCUT2D eigenvalue weighted by Gasteiger charge is 2.08. The van der Waals surface area contributed by atoms with Crippen LogP contribution in [-0.4, -0.2) is 5.11 Å². The van der Waals surface area contributed by atoms with Gasteiger partial charge in [-0.25, -0.2) is 0 Å².